The predicted octanol–water partition coefficient (Wildman–Crippen LogP) is 2.17. The molecule has 18 heavy (non-hydrogen) atoms. The summed E-state index contributed by atoms with van der Waals surface area (Å²) in [7, 11) is 1.86. The van der Waals surface area contributed by atoms with Crippen molar-refractivity contribution in [3.63, 3.8) is 0 Å². The summed E-state index contributed by atoms with van der Waals surface area (Å²) in [6.07, 6.45) is 3.29. The van der Waals surface area contributed by atoms with Crippen LogP contribution in [-0.4, -0.2) is 27.6 Å². The number of aryl methyl sites for hydroxylation is 2. The van der Waals surface area contributed by atoms with E-state index >= 15 is 0 Å². The zero-order valence-corrected chi connectivity index (χ0v) is 11.9. The van der Waals surface area contributed by atoms with Crippen molar-refractivity contribution in [1.29, 1.82) is 0 Å². The summed E-state index contributed by atoms with van der Waals surface area (Å²) in [5.74, 6) is 1.02. The number of carbonyl (C=O) groups is 1. The average Bonchev–Trinajstić information content (AvgIpc) is 2.85. The summed E-state index contributed by atoms with van der Waals surface area (Å²) < 4.78 is 1.75. The van der Waals surface area contributed by atoms with Gasteiger partial charge in [-0.25, -0.2) is 0 Å². The van der Waals surface area contributed by atoms with Crippen molar-refractivity contribution in [2.75, 3.05) is 5.88 Å². The van der Waals surface area contributed by atoms with Gasteiger partial charge < -0.3 is 5.32 Å². The van der Waals surface area contributed by atoms with Gasteiger partial charge in [-0.15, -0.1) is 11.6 Å². The average molecular weight is 270 g/mol. The van der Waals surface area contributed by atoms with Gasteiger partial charge in [-0.3, -0.25) is 9.48 Å². The summed E-state index contributed by atoms with van der Waals surface area (Å²) in [6.45, 7) is 3.79. The molecule has 1 amide bonds. The number of nitrogens with one attached hydrogen (secondary N) is 1. The van der Waals surface area contributed by atoms with Crippen LogP contribution in [0.3, 0.4) is 0 Å². The maximum absolute atomic E-state index is 12.3. The van der Waals surface area contributed by atoms with E-state index in [4.69, 9.17) is 11.6 Å². The first kappa shape index (κ1) is 13.4. The molecule has 0 spiro atoms. The number of amides is 1. The van der Waals surface area contributed by atoms with Crippen LogP contribution in [0.15, 0.2) is 0 Å². The fraction of sp³-hybridized carbons (Fsp3) is 0.692. The van der Waals surface area contributed by atoms with E-state index in [1.54, 1.807) is 4.68 Å². The van der Waals surface area contributed by atoms with Crippen molar-refractivity contribution < 1.29 is 4.79 Å². The third-order valence-corrected chi connectivity index (χ3v) is 4.31. The lowest BCUT2D eigenvalue weighted by Gasteiger charge is -2.18. The van der Waals surface area contributed by atoms with Gasteiger partial charge in [-0.2, -0.15) is 5.10 Å². The minimum absolute atomic E-state index is 0.0138. The number of hydrogen-bond acceptors (Lipinski definition) is 2. The quantitative estimate of drug-likeness (QED) is 0.855. The summed E-state index contributed by atoms with van der Waals surface area (Å²) in [5.41, 5.74) is 2.40. The van der Waals surface area contributed by atoms with E-state index in [1.165, 1.54) is 0 Å². The lowest BCUT2D eigenvalue weighted by atomic mass is 10.1. The Kier molecular flexibility index (Phi) is 3.95. The molecule has 1 aromatic heterocycles. The monoisotopic (exact) mass is 269 g/mol. The van der Waals surface area contributed by atoms with Gasteiger partial charge in [0.15, 0.2) is 0 Å². The first-order valence-electron chi connectivity index (χ1n) is 6.41. The fourth-order valence-electron chi connectivity index (χ4n) is 2.75. The molecular weight excluding hydrogens is 250 g/mol. The highest BCUT2D eigenvalue weighted by Crippen LogP contribution is 2.27. The first-order valence-corrected chi connectivity index (χ1v) is 6.95. The lowest BCUT2D eigenvalue weighted by Crippen LogP contribution is -2.38. The van der Waals surface area contributed by atoms with Gasteiger partial charge >= 0.3 is 0 Å². The maximum atomic E-state index is 12.3. The molecule has 0 saturated heterocycles. The van der Waals surface area contributed by atoms with Crippen LogP contribution < -0.4 is 5.32 Å². The number of halogens is 1. The zero-order chi connectivity index (χ0) is 13.3. The van der Waals surface area contributed by atoms with E-state index in [2.05, 4.69) is 10.4 Å². The molecule has 2 unspecified atom stereocenters. The van der Waals surface area contributed by atoms with Gasteiger partial charge in [0.05, 0.1) is 11.3 Å². The van der Waals surface area contributed by atoms with Crippen LogP contribution in [0.5, 0.6) is 0 Å². The minimum atomic E-state index is -0.0138. The Morgan fingerprint density at radius 3 is 2.78 bits per heavy atom. The molecule has 2 atom stereocenters. The Bertz CT molecular complexity index is 455. The largest absolute Gasteiger partial charge is 0.349 e. The normalized spacial score (nSPS) is 23.3. The third kappa shape index (κ3) is 2.39. The highest BCUT2D eigenvalue weighted by molar-refractivity contribution is 6.18. The zero-order valence-electron chi connectivity index (χ0n) is 11.2. The van der Waals surface area contributed by atoms with Crippen molar-refractivity contribution in [3.8, 4) is 0 Å². The summed E-state index contributed by atoms with van der Waals surface area (Å²) in [4.78, 5) is 12.3. The number of nitrogens with zero attached hydrogens (tertiary/aromatic N) is 2. The highest BCUT2D eigenvalue weighted by Gasteiger charge is 2.29. The number of carbonyl (C=O) groups excluding carboxylic acids is 1. The van der Waals surface area contributed by atoms with Crippen LogP contribution in [-0.2, 0) is 7.05 Å². The predicted molar refractivity (Wildman–Crippen MR) is 72.0 cm³/mol. The van der Waals surface area contributed by atoms with Crippen molar-refractivity contribution in [2.45, 2.75) is 39.2 Å². The van der Waals surface area contributed by atoms with Gasteiger partial charge in [0, 0.05) is 24.7 Å². The molecule has 1 aliphatic rings. The molecule has 0 bridgehead atoms. The van der Waals surface area contributed by atoms with E-state index in [0.29, 0.717) is 17.4 Å². The second-order valence-corrected chi connectivity index (χ2v) is 5.40. The van der Waals surface area contributed by atoms with Crippen LogP contribution in [0.2, 0.25) is 0 Å². The summed E-state index contributed by atoms with van der Waals surface area (Å²) >= 11 is 5.93. The Morgan fingerprint density at radius 1 is 1.50 bits per heavy atom. The van der Waals surface area contributed by atoms with Crippen LogP contribution in [0.25, 0.3) is 0 Å². The Labute approximate surface area is 113 Å². The van der Waals surface area contributed by atoms with E-state index in [-0.39, 0.29) is 11.9 Å². The first-order chi connectivity index (χ1) is 8.54. The van der Waals surface area contributed by atoms with Gasteiger partial charge in [-0.05, 0) is 32.6 Å². The van der Waals surface area contributed by atoms with Crippen molar-refractivity contribution in [2.24, 2.45) is 13.0 Å². The van der Waals surface area contributed by atoms with Crippen LogP contribution >= 0.6 is 11.6 Å². The number of aromatic nitrogens is 2. The molecule has 0 aliphatic heterocycles. The Balaban J connectivity index is 2.12. The van der Waals surface area contributed by atoms with Gasteiger partial charge in [0.1, 0.15) is 0 Å². The molecule has 0 aromatic carbocycles. The van der Waals surface area contributed by atoms with Crippen LogP contribution in [0.4, 0.5) is 0 Å². The van der Waals surface area contributed by atoms with Crippen LogP contribution in [0.1, 0.15) is 41.0 Å². The molecule has 1 heterocycles. The molecule has 1 N–H and O–H groups in total. The van der Waals surface area contributed by atoms with E-state index in [1.807, 2.05) is 20.9 Å². The molecule has 1 aromatic rings. The molecule has 1 saturated carbocycles. The smallest absolute Gasteiger partial charge is 0.255 e. The van der Waals surface area contributed by atoms with Gasteiger partial charge in [0.2, 0.25) is 0 Å². The SMILES string of the molecule is Cc1nn(C)c(C)c1C(=O)NC1CCCC1CCl. The molecule has 0 radical (unpaired) electrons. The van der Waals surface area contributed by atoms with Crippen LogP contribution in [0, 0.1) is 19.8 Å². The number of rotatable bonds is 3. The summed E-state index contributed by atoms with van der Waals surface area (Å²) in [6, 6.07) is 0.217. The molecule has 4 nitrogen and oxygen atoms in total. The minimum Gasteiger partial charge on any atom is -0.349 e. The van der Waals surface area contributed by atoms with Gasteiger partial charge in [0.25, 0.3) is 5.91 Å². The van der Waals surface area contributed by atoms with Gasteiger partial charge in [-0.1, -0.05) is 6.42 Å². The molecule has 1 aliphatic carbocycles. The van der Waals surface area contributed by atoms with E-state index in [9.17, 15) is 4.79 Å². The summed E-state index contributed by atoms with van der Waals surface area (Å²) in [5, 5.41) is 7.39. The van der Waals surface area contributed by atoms with Crippen molar-refractivity contribution in [1.82, 2.24) is 15.1 Å². The second kappa shape index (κ2) is 5.31. The standard InChI is InChI=1S/C13H20ClN3O/c1-8-12(9(2)17(3)16-8)13(18)15-11-6-4-5-10(11)7-14/h10-11H,4-7H2,1-3H3,(H,15,18). The van der Waals surface area contributed by atoms with Crippen molar-refractivity contribution >= 4 is 17.5 Å². The fourth-order valence-corrected chi connectivity index (χ4v) is 3.12. The van der Waals surface area contributed by atoms with E-state index in [0.717, 1.165) is 30.7 Å². The Hall–Kier alpha value is -1.03. The molecular formula is C13H20ClN3O. The molecule has 100 valence electrons. The highest BCUT2D eigenvalue weighted by atomic mass is 35.5. The van der Waals surface area contributed by atoms with Crippen molar-refractivity contribution in [3.05, 3.63) is 17.0 Å². The molecule has 1 fully saturated rings. The lowest BCUT2D eigenvalue weighted by molar-refractivity contribution is 0.0928. The topological polar surface area (TPSA) is 46.9 Å². The molecule has 2 rings (SSSR count). The Morgan fingerprint density at radius 2 is 2.22 bits per heavy atom. The number of alkyl halides is 1. The maximum Gasteiger partial charge on any atom is 0.255 e. The number of hydrogen-bond donors (Lipinski definition) is 1. The second-order valence-electron chi connectivity index (χ2n) is 5.09. The van der Waals surface area contributed by atoms with E-state index < -0.39 is 0 Å². The molecule has 5 heteroatoms. The third-order valence-electron chi connectivity index (χ3n) is 3.91.